The minimum absolute atomic E-state index is 0.0584. The molecular formula is C17H18BrClN4O4. The first kappa shape index (κ1) is 19.8. The number of aliphatic hydroxyl groups excluding tert-OH is 1. The lowest BCUT2D eigenvalue weighted by molar-refractivity contribution is -0.142. The average molecular weight is 458 g/mol. The zero-order valence-corrected chi connectivity index (χ0v) is 16.5. The van der Waals surface area contributed by atoms with Crippen molar-refractivity contribution in [2.75, 3.05) is 6.61 Å². The summed E-state index contributed by atoms with van der Waals surface area (Å²) in [6, 6.07) is 4.33. The maximum atomic E-state index is 12.0. The number of aromatic nitrogens is 3. The van der Waals surface area contributed by atoms with E-state index >= 15 is 0 Å². The second kappa shape index (κ2) is 8.37. The van der Waals surface area contributed by atoms with Crippen LogP contribution in [-0.4, -0.2) is 49.7 Å². The van der Waals surface area contributed by atoms with Crippen LogP contribution in [-0.2, 0) is 16.0 Å². The lowest BCUT2D eigenvalue weighted by atomic mass is 10.1. The molecule has 3 atom stereocenters. The fourth-order valence-electron chi connectivity index (χ4n) is 2.79. The Morgan fingerprint density at radius 3 is 2.89 bits per heavy atom. The molecule has 1 aromatic carbocycles. The number of carbonyl (C=O) groups excluding carboxylic acids is 1. The fourth-order valence-corrected chi connectivity index (χ4v) is 3.34. The molecule has 0 aliphatic heterocycles. The number of aliphatic hydroxyl groups is 1. The van der Waals surface area contributed by atoms with Crippen molar-refractivity contribution in [3.05, 3.63) is 39.6 Å². The molecule has 0 radical (unpaired) electrons. The quantitative estimate of drug-likeness (QED) is 0.556. The fraction of sp³-hybridized carbons (Fsp3) is 0.412. The molecule has 1 aliphatic rings. The molecule has 1 aliphatic carbocycles. The molecular weight excluding hydrogens is 440 g/mol. The van der Waals surface area contributed by atoms with E-state index in [1.165, 1.54) is 4.68 Å². The number of carboxylic acid groups (broad SMARTS) is 1. The number of hydrogen-bond acceptors (Lipinski definition) is 5. The van der Waals surface area contributed by atoms with Crippen LogP contribution < -0.4 is 5.32 Å². The first-order chi connectivity index (χ1) is 12.9. The lowest BCUT2D eigenvalue weighted by Crippen LogP contribution is -2.42. The van der Waals surface area contributed by atoms with Gasteiger partial charge in [-0.25, -0.2) is 9.48 Å². The van der Waals surface area contributed by atoms with Crippen LogP contribution in [0.25, 0.3) is 5.69 Å². The van der Waals surface area contributed by atoms with E-state index in [1.54, 1.807) is 18.3 Å². The third-order valence-electron chi connectivity index (χ3n) is 4.49. The summed E-state index contributed by atoms with van der Waals surface area (Å²) in [6.07, 6.45) is 2.78. The van der Waals surface area contributed by atoms with Gasteiger partial charge in [-0.2, -0.15) is 0 Å². The van der Waals surface area contributed by atoms with Gasteiger partial charge in [-0.1, -0.05) is 32.7 Å². The van der Waals surface area contributed by atoms with Gasteiger partial charge in [0.25, 0.3) is 0 Å². The molecule has 8 nitrogen and oxygen atoms in total. The number of benzene rings is 1. The smallest absolute Gasteiger partial charge is 0.326 e. The summed E-state index contributed by atoms with van der Waals surface area (Å²) in [4.78, 5) is 23.5. The summed E-state index contributed by atoms with van der Waals surface area (Å²) in [5.41, 5.74) is 1.24. The van der Waals surface area contributed by atoms with Crippen molar-refractivity contribution in [1.82, 2.24) is 20.3 Å². The van der Waals surface area contributed by atoms with Crippen molar-refractivity contribution < 1.29 is 19.8 Å². The Kier molecular flexibility index (Phi) is 6.13. The van der Waals surface area contributed by atoms with E-state index in [4.69, 9.17) is 16.7 Å². The van der Waals surface area contributed by atoms with E-state index in [0.717, 1.165) is 4.47 Å². The van der Waals surface area contributed by atoms with E-state index in [9.17, 15) is 14.7 Å². The number of carboxylic acids is 1. The van der Waals surface area contributed by atoms with Gasteiger partial charge in [-0.05, 0) is 43.4 Å². The van der Waals surface area contributed by atoms with Gasteiger partial charge in [0.1, 0.15) is 6.04 Å². The molecule has 0 bridgehead atoms. The molecule has 27 heavy (non-hydrogen) atoms. The number of nitrogens with one attached hydrogen (secondary N) is 1. The predicted octanol–water partition coefficient (Wildman–Crippen LogP) is 1.81. The second-order valence-corrected chi connectivity index (χ2v) is 7.80. The van der Waals surface area contributed by atoms with E-state index in [0.29, 0.717) is 29.2 Å². The van der Waals surface area contributed by atoms with Gasteiger partial charge in [0.15, 0.2) is 0 Å². The van der Waals surface area contributed by atoms with E-state index < -0.39 is 12.0 Å². The standard InChI is InChI=1S/C17H18BrClN4O4/c18-10-1-3-13(19)15(6-10)23-7-11(21-22-23)2-4-14(17(26)27)20-16(25)12-5-9(12)8-24/h1,3,6-7,9,12,14,24H,2,4-5,8H2,(H,20,25)(H,26,27)/t9-,12+,14-/m0/s1. The van der Waals surface area contributed by atoms with Crippen LogP contribution in [0.4, 0.5) is 0 Å². The van der Waals surface area contributed by atoms with Crippen molar-refractivity contribution in [2.45, 2.75) is 25.3 Å². The van der Waals surface area contributed by atoms with Gasteiger partial charge in [0.2, 0.25) is 5.91 Å². The zero-order chi connectivity index (χ0) is 19.6. The first-order valence-electron chi connectivity index (χ1n) is 8.39. The largest absolute Gasteiger partial charge is 0.480 e. The van der Waals surface area contributed by atoms with Crippen LogP contribution in [0.3, 0.4) is 0 Å². The molecule has 144 valence electrons. The van der Waals surface area contributed by atoms with Gasteiger partial charge >= 0.3 is 5.97 Å². The van der Waals surface area contributed by atoms with Crippen LogP contribution in [0, 0.1) is 11.8 Å². The summed E-state index contributed by atoms with van der Waals surface area (Å²) in [5, 5.41) is 29.5. The van der Waals surface area contributed by atoms with Crippen molar-refractivity contribution in [2.24, 2.45) is 11.8 Å². The average Bonchev–Trinajstić information content (AvgIpc) is 3.29. The Bertz CT molecular complexity index is 859. The van der Waals surface area contributed by atoms with Crippen molar-refractivity contribution in [3.63, 3.8) is 0 Å². The summed E-state index contributed by atoms with van der Waals surface area (Å²) in [5.74, 6) is -1.79. The van der Waals surface area contributed by atoms with Gasteiger partial charge in [0, 0.05) is 17.0 Å². The van der Waals surface area contributed by atoms with E-state index in [-0.39, 0.29) is 30.8 Å². The topological polar surface area (TPSA) is 117 Å². The zero-order valence-electron chi connectivity index (χ0n) is 14.2. The number of rotatable bonds is 8. The summed E-state index contributed by atoms with van der Waals surface area (Å²) in [6.45, 7) is -0.0584. The summed E-state index contributed by atoms with van der Waals surface area (Å²) >= 11 is 9.55. The van der Waals surface area contributed by atoms with Crippen LogP contribution in [0.15, 0.2) is 28.9 Å². The molecule has 0 spiro atoms. The number of carbonyl (C=O) groups is 2. The number of aryl methyl sites for hydroxylation is 1. The van der Waals surface area contributed by atoms with Crippen molar-refractivity contribution >= 4 is 39.4 Å². The molecule has 1 amide bonds. The van der Waals surface area contributed by atoms with Crippen LogP contribution in [0.1, 0.15) is 18.5 Å². The SMILES string of the molecule is O=C(O)[C@H](CCc1cn(-c2cc(Br)ccc2Cl)nn1)NC(=O)[C@@H]1C[C@H]1CO. The van der Waals surface area contributed by atoms with Crippen LogP contribution in [0.5, 0.6) is 0 Å². The molecule has 2 aromatic rings. The number of halogens is 2. The molecule has 1 aromatic heterocycles. The number of nitrogens with zero attached hydrogens (tertiary/aromatic N) is 3. The minimum atomic E-state index is -1.10. The van der Waals surface area contributed by atoms with Crippen molar-refractivity contribution in [1.29, 1.82) is 0 Å². The monoisotopic (exact) mass is 456 g/mol. The van der Waals surface area contributed by atoms with Gasteiger partial charge in [0.05, 0.1) is 22.6 Å². The van der Waals surface area contributed by atoms with E-state index in [2.05, 4.69) is 31.6 Å². The summed E-state index contributed by atoms with van der Waals surface area (Å²) < 4.78 is 2.36. The van der Waals surface area contributed by atoms with Gasteiger partial charge < -0.3 is 15.5 Å². The normalized spacial score (nSPS) is 19.5. The molecule has 10 heteroatoms. The van der Waals surface area contributed by atoms with Crippen molar-refractivity contribution in [3.8, 4) is 5.69 Å². The summed E-state index contributed by atoms with van der Waals surface area (Å²) in [7, 11) is 0. The van der Waals surface area contributed by atoms with Crippen LogP contribution in [0.2, 0.25) is 5.02 Å². The molecule has 1 fully saturated rings. The highest BCUT2D eigenvalue weighted by atomic mass is 79.9. The lowest BCUT2D eigenvalue weighted by Gasteiger charge is -2.13. The molecule has 1 heterocycles. The number of hydrogen-bond donors (Lipinski definition) is 3. The van der Waals surface area contributed by atoms with Crippen LogP contribution >= 0.6 is 27.5 Å². The molecule has 0 unspecified atom stereocenters. The first-order valence-corrected chi connectivity index (χ1v) is 9.57. The highest BCUT2D eigenvalue weighted by molar-refractivity contribution is 9.10. The minimum Gasteiger partial charge on any atom is -0.480 e. The maximum absolute atomic E-state index is 12.0. The Hall–Kier alpha value is -1.97. The number of aliphatic carboxylic acids is 1. The Morgan fingerprint density at radius 1 is 1.44 bits per heavy atom. The van der Waals surface area contributed by atoms with E-state index in [1.807, 2.05) is 6.07 Å². The van der Waals surface area contributed by atoms with Gasteiger partial charge in [-0.3, -0.25) is 4.79 Å². The third-order valence-corrected chi connectivity index (χ3v) is 5.31. The highest BCUT2D eigenvalue weighted by Crippen LogP contribution is 2.38. The third kappa shape index (κ3) is 4.85. The Morgan fingerprint density at radius 2 is 2.22 bits per heavy atom. The molecule has 3 N–H and O–H groups in total. The second-order valence-electron chi connectivity index (χ2n) is 6.47. The number of amides is 1. The molecule has 0 saturated heterocycles. The maximum Gasteiger partial charge on any atom is 0.326 e. The molecule has 1 saturated carbocycles. The Labute approximate surface area is 168 Å². The van der Waals surface area contributed by atoms with Gasteiger partial charge in [-0.15, -0.1) is 5.10 Å². The Balaban J connectivity index is 1.61. The molecule has 3 rings (SSSR count). The highest BCUT2D eigenvalue weighted by Gasteiger charge is 2.43. The predicted molar refractivity (Wildman–Crippen MR) is 101 cm³/mol.